The molecule has 7 heteroatoms. The maximum absolute atomic E-state index is 12.6. The van der Waals surface area contributed by atoms with Gasteiger partial charge < -0.3 is 19.7 Å². The molecule has 0 radical (unpaired) electrons. The number of piperidine rings is 1. The van der Waals surface area contributed by atoms with E-state index in [9.17, 15) is 9.59 Å². The number of halogens is 1. The number of para-hydroxylation sites is 1. The van der Waals surface area contributed by atoms with Gasteiger partial charge in [0.2, 0.25) is 11.8 Å². The van der Waals surface area contributed by atoms with Crippen LogP contribution in [0, 0.1) is 11.8 Å². The molecule has 2 unspecified atom stereocenters. The summed E-state index contributed by atoms with van der Waals surface area (Å²) in [6.07, 6.45) is 1.99. The average Bonchev–Trinajstić information content (AvgIpc) is 3.31. The van der Waals surface area contributed by atoms with Crippen molar-refractivity contribution in [3.05, 3.63) is 29.3 Å². The molecule has 1 aliphatic carbocycles. The Morgan fingerprint density at radius 3 is 2.48 bits per heavy atom. The Morgan fingerprint density at radius 2 is 1.80 bits per heavy atom. The van der Waals surface area contributed by atoms with Crippen molar-refractivity contribution in [2.75, 3.05) is 31.6 Å². The predicted molar refractivity (Wildman–Crippen MR) is 92.1 cm³/mol. The van der Waals surface area contributed by atoms with E-state index in [1.807, 2.05) is 17.0 Å². The van der Waals surface area contributed by atoms with Gasteiger partial charge in [-0.15, -0.1) is 0 Å². The molecular formula is C18H21ClN2O4. The van der Waals surface area contributed by atoms with Crippen molar-refractivity contribution in [2.24, 2.45) is 11.8 Å². The summed E-state index contributed by atoms with van der Waals surface area (Å²) in [6, 6.07) is 7.10. The third-order valence-electron chi connectivity index (χ3n) is 5.23. The first-order chi connectivity index (χ1) is 12.1. The Balaban J connectivity index is 1.30. The standard InChI is InChI=1S/C18H21ClN2O4/c19-14-3-1-2-4-15(14)20-16(22)12-11-13(12)17(23)21-7-5-18(6-8-21)24-9-10-25-18/h1-4,12-13H,5-11H2,(H,20,22). The Kier molecular flexibility index (Phi) is 4.43. The topological polar surface area (TPSA) is 67.9 Å². The molecule has 2 amide bonds. The first-order valence-electron chi connectivity index (χ1n) is 8.70. The number of carbonyl (C=O) groups is 2. The van der Waals surface area contributed by atoms with Crippen LogP contribution >= 0.6 is 11.6 Å². The van der Waals surface area contributed by atoms with E-state index in [-0.39, 0.29) is 23.7 Å². The number of rotatable bonds is 3. The number of nitrogens with one attached hydrogen (secondary N) is 1. The van der Waals surface area contributed by atoms with Crippen LogP contribution in [0.2, 0.25) is 5.02 Å². The molecule has 2 aliphatic heterocycles. The van der Waals surface area contributed by atoms with Crippen LogP contribution < -0.4 is 5.32 Å². The van der Waals surface area contributed by atoms with Crippen LogP contribution in [0.1, 0.15) is 19.3 Å². The van der Waals surface area contributed by atoms with E-state index >= 15 is 0 Å². The SMILES string of the molecule is O=C(Nc1ccccc1Cl)C1CC1C(=O)N1CCC2(CC1)OCCO2. The molecule has 2 saturated heterocycles. The largest absolute Gasteiger partial charge is 0.347 e. The Bertz CT molecular complexity index is 679. The molecule has 6 nitrogen and oxygen atoms in total. The molecular weight excluding hydrogens is 344 g/mol. The molecule has 4 rings (SSSR count). The van der Waals surface area contributed by atoms with Crippen molar-refractivity contribution in [1.82, 2.24) is 4.90 Å². The zero-order valence-electron chi connectivity index (χ0n) is 13.9. The number of carbonyl (C=O) groups excluding carboxylic acids is 2. The Morgan fingerprint density at radius 1 is 1.12 bits per heavy atom. The number of nitrogens with zero attached hydrogens (tertiary/aromatic N) is 1. The summed E-state index contributed by atoms with van der Waals surface area (Å²) in [6.45, 7) is 2.49. The average molecular weight is 365 g/mol. The van der Waals surface area contributed by atoms with Gasteiger partial charge in [0.15, 0.2) is 5.79 Å². The van der Waals surface area contributed by atoms with E-state index in [2.05, 4.69) is 5.32 Å². The third kappa shape index (κ3) is 3.38. The lowest BCUT2D eigenvalue weighted by atomic mass is 10.0. The van der Waals surface area contributed by atoms with Crippen LogP contribution in [-0.2, 0) is 19.1 Å². The van der Waals surface area contributed by atoms with Crippen LogP contribution in [0.3, 0.4) is 0 Å². The molecule has 134 valence electrons. The summed E-state index contributed by atoms with van der Waals surface area (Å²) in [5, 5.41) is 3.32. The molecule has 25 heavy (non-hydrogen) atoms. The van der Waals surface area contributed by atoms with Gasteiger partial charge in [0, 0.05) is 25.9 Å². The van der Waals surface area contributed by atoms with Gasteiger partial charge in [-0.2, -0.15) is 0 Å². The van der Waals surface area contributed by atoms with Crippen molar-refractivity contribution < 1.29 is 19.1 Å². The normalized spacial score (nSPS) is 27.3. The van der Waals surface area contributed by atoms with E-state index in [1.54, 1.807) is 12.1 Å². The van der Waals surface area contributed by atoms with Gasteiger partial charge in [0.05, 0.1) is 35.8 Å². The van der Waals surface area contributed by atoms with Gasteiger partial charge in [-0.05, 0) is 18.6 Å². The maximum Gasteiger partial charge on any atom is 0.228 e. The number of ether oxygens (including phenoxy) is 2. The first kappa shape index (κ1) is 16.8. The highest BCUT2D eigenvalue weighted by Crippen LogP contribution is 2.42. The zero-order chi connectivity index (χ0) is 17.4. The van der Waals surface area contributed by atoms with Crippen LogP contribution in [0.5, 0.6) is 0 Å². The molecule has 2 atom stereocenters. The molecule has 0 bridgehead atoms. The van der Waals surface area contributed by atoms with Crippen molar-refractivity contribution in [2.45, 2.75) is 25.0 Å². The Hall–Kier alpha value is -1.63. The summed E-state index contributed by atoms with van der Waals surface area (Å²) in [5.41, 5.74) is 0.586. The lowest BCUT2D eigenvalue weighted by molar-refractivity contribution is -0.187. The van der Waals surface area contributed by atoms with Gasteiger partial charge in [-0.3, -0.25) is 9.59 Å². The highest BCUT2D eigenvalue weighted by molar-refractivity contribution is 6.33. The van der Waals surface area contributed by atoms with Gasteiger partial charge in [0.25, 0.3) is 0 Å². The smallest absolute Gasteiger partial charge is 0.228 e. The molecule has 1 spiro atoms. The van der Waals surface area contributed by atoms with Crippen molar-refractivity contribution in [3.63, 3.8) is 0 Å². The van der Waals surface area contributed by atoms with Gasteiger partial charge in [-0.1, -0.05) is 23.7 Å². The minimum absolute atomic E-state index is 0.0622. The van der Waals surface area contributed by atoms with Crippen molar-refractivity contribution in [1.29, 1.82) is 0 Å². The minimum Gasteiger partial charge on any atom is -0.347 e. The summed E-state index contributed by atoms with van der Waals surface area (Å²) >= 11 is 6.06. The van der Waals surface area contributed by atoms with E-state index in [4.69, 9.17) is 21.1 Å². The minimum atomic E-state index is -0.485. The fourth-order valence-electron chi connectivity index (χ4n) is 3.63. The fourth-order valence-corrected chi connectivity index (χ4v) is 3.82. The molecule has 2 heterocycles. The predicted octanol–water partition coefficient (Wildman–Crippen LogP) is 2.28. The lowest BCUT2D eigenvalue weighted by Crippen LogP contribution is -2.48. The molecule has 0 aromatic heterocycles. The molecule has 1 N–H and O–H groups in total. The van der Waals surface area contributed by atoms with Crippen LogP contribution in [0.15, 0.2) is 24.3 Å². The third-order valence-corrected chi connectivity index (χ3v) is 5.56. The molecule has 3 aliphatic rings. The number of benzene rings is 1. The highest BCUT2D eigenvalue weighted by Gasteiger charge is 2.51. The Labute approximate surface area is 151 Å². The quantitative estimate of drug-likeness (QED) is 0.893. The zero-order valence-corrected chi connectivity index (χ0v) is 14.6. The van der Waals surface area contributed by atoms with Gasteiger partial charge in [-0.25, -0.2) is 0 Å². The number of hydrogen-bond acceptors (Lipinski definition) is 4. The van der Waals surface area contributed by atoms with Crippen LogP contribution in [0.25, 0.3) is 0 Å². The molecule has 1 saturated carbocycles. The number of anilines is 1. The van der Waals surface area contributed by atoms with E-state index in [0.717, 1.165) is 0 Å². The lowest BCUT2D eigenvalue weighted by Gasteiger charge is -2.37. The second kappa shape index (κ2) is 6.59. The van der Waals surface area contributed by atoms with E-state index in [0.29, 0.717) is 56.3 Å². The van der Waals surface area contributed by atoms with Gasteiger partial charge >= 0.3 is 0 Å². The molecule has 3 fully saturated rings. The van der Waals surface area contributed by atoms with Crippen molar-refractivity contribution >= 4 is 29.1 Å². The number of likely N-dealkylation sites (tertiary alicyclic amines) is 1. The maximum atomic E-state index is 12.6. The summed E-state index contributed by atoms with van der Waals surface area (Å²) in [7, 11) is 0. The fraction of sp³-hybridized carbons (Fsp3) is 0.556. The van der Waals surface area contributed by atoms with Crippen LogP contribution in [-0.4, -0.2) is 48.8 Å². The second-order valence-corrected chi connectivity index (χ2v) is 7.26. The molecule has 1 aromatic carbocycles. The van der Waals surface area contributed by atoms with Crippen LogP contribution in [0.4, 0.5) is 5.69 Å². The molecule has 1 aromatic rings. The number of hydrogen-bond donors (Lipinski definition) is 1. The van der Waals surface area contributed by atoms with E-state index in [1.165, 1.54) is 0 Å². The summed E-state index contributed by atoms with van der Waals surface area (Å²) in [4.78, 5) is 26.8. The van der Waals surface area contributed by atoms with Gasteiger partial charge in [0.1, 0.15) is 0 Å². The summed E-state index contributed by atoms with van der Waals surface area (Å²) < 4.78 is 11.4. The summed E-state index contributed by atoms with van der Waals surface area (Å²) in [5.74, 6) is -1.05. The highest BCUT2D eigenvalue weighted by atomic mass is 35.5. The van der Waals surface area contributed by atoms with E-state index < -0.39 is 5.79 Å². The second-order valence-electron chi connectivity index (χ2n) is 6.85. The number of amides is 2. The monoisotopic (exact) mass is 364 g/mol. The first-order valence-corrected chi connectivity index (χ1v) is 9.08. The van der Waals surface area contributed by atoms with Crippen molar-refractivity contribution in [3.8, 4) is 0 Å².